The first-order chi connectivity index (χ1) is 17.2. The molecule has 0 aliphatic carbocycles. The second kappa shape index (κ2) is 14.7. The molecule has 1 saturated heterocycles. The van der Waals surface area contributed by atoms with Gasteiger partial charge in [-0.2, -0.15) is 0 Å². The van der Waals surface area contributed by atoms with E-state index in [0.717, 1.165) is 57.7 Å². The maximum atomic E-state index is 13.1. The van der Waals surface area contributed by atoms with Crippen LogP contribution in [0.1, 0.15) is 64.7 Å². The van der Waals surface area contributed by atoms with E-state index in [2.05, 4.69) is 88.7 Å². The number of fused-ring (bicyclic) bond motifs is 1. The van der Waals surface area contributed by atoms with Crippen LogP contribution in [0.25, 0.3) is 0 Å². The van der Waals surface area contributed by atoms with Gasteiger partial charge in [0.2, 0.25) is 0 Å². The third-order valence-electron chi connectivity index (χ3n) is 7.83. The van der Waals surface area contributed by atoms with Crippen LogP contribution in [0.15, 0.2) is 78.9 Å². The van der Waals surface area contributed by atoms with Crippen LogP contribution in [-0.4, -0.2) is 35.2 Å². The van der Waals surface area contributed by atoms with E-state index in [9.17, 15) is 4.79 Å². The minimum atomic E-state index is 0. The summed E-state index contributed by atoms with van der Waals surface area (Å²) in [5, 5.41) is 0. The molecule has 0 N–H and O–H groups in total. The van der Waals surface area contributed by atoms with Crippen molar-refractivity contribution in [2.24, 2.45) is 5.92 Å². The van der Waals surface area contributed by atoms with Crippen molar-refractivity contribution >= 4 is 30.6 Å². The Hall–Kier alpha value is -2.17. The molecule has 0 aromatic heterocycles. The molecule has 0 amide bonds. The smallest absolute Gasteiger partial charge is 0.162 e. The van der Waals surface area contributed by atoms with Crippen molar-refractivity contribution < 1.29 is 4.79 Å². The Morgan fingerprint density at radius 1 is 0.730 bits per heavy atom. The Labute approximate surface area is 235 Å². The molecule has 198 valence electrons. The second-order valence-corrected chi connectivity index (χ2v) is 10.5. The first-order valence-corrected chi connectivity index (χ1v) is 13.4. The van der Waals surface area contributed by atoms with E-state index in [0.29, 0.717) is 18.1 Å². The summed E-state index contributed by atoms with van der Waals surface area (Å²) >= 11 is 0. The molecule has 3 nitrogen and oxygen atoms in total. The van der Waals surface area contributed by atoms with Crippen LogP contribution < -0.4 is 0 Å². The lowest BCUT2D eigenvalue weighted by molar-refractivity contribution is 0.0961. The van der Waals surface area contributed by atoms with Crippen molar-refractivity contribution in [3.63, 3.8) is 0 Å². The molecular weight excluding hydrogens is 499 g/mol. The Bertz CT molecular complexity index is 1100. The van der Waals surface area contributed by atoms with E-state index in [1.165, 1.54) is 41.5 Å². The highest BCUT2D eigenvalue weighted by molar-refractivity contribution is 5.96. The van der Waals surface area contributed by atoms with Crippen LogP contribution in [0, 0.1) is 5.92 Å². The number of hydrogen-bond acceptors (Lipinski definition) is 3. The summed E-state index contributed by atoms with van der Waals surface area (Å²) in [6.07, 6.45) is 6.40. The van der Waals surface area contributed by atoms with Crippen LogP contribution in [0.2, 0.25) is 0 Å². The molecule has 2 aliphatic heterocycles. The molecule has 5 rings (SSSR count). The van der Waals surface area contributed by atoms with E-state index in [-0.39, 0.29) is 24.8 Å². The molecule has 3 aromatic rings. The normalized spacial score (nSPS) is 16.6. The minimum absolute atomic E-state index is 0. The molecule has 37 heavy (non-hydrogen) atoms. The molecule has 0 bridgehead atoms. The molecule has 5 heteroatoms. The highest BCUT2D eigenvalue weighted by Crippen LogP contribution is 2.26. The predicted octanol–water partition coefficient (Wildman–Crippen LogP) is 7.35. The molecule has 1 fully saturated rings. The molecule has 2 aliphatic rings. The lowest BCUT2D eigenvalue weighted by Crippen LogP contribution is -2.33. The number of carbonyl (C=O) groups excluding carboxylic acids is 1. The van der Waals surface area contributed by atoms with E-state index in [4.69, 9.17) is 0 Å². The molecule has 0 unspecified atom stereocenters. The third kappa shape index (κ3) is 8.41. The fourth-order valence-corrected chi connectivity index (χ4v) is 5.73. The fraction of sp³-hybridized carbons (Fsp3) is 0.406. The standard InChI is InChI=1S/C32H38N2O.2ClH/c35-32(16-13-26-17-20-33(21-18-26)23-27-8-3-1-4-9-27)30-15-14-29-12-7-19-34(25-31(29)22-30)24-28-10-5-2-6-11-28;;/h1-6,8-11,14-15,22,26H,7,12-13,16-21,23-25H2;2*1H. The Balaban J connectivity index is 0.00000190. The summed E-state index contributed by atoms with van der Waals surface area (Å²) in [5.74, 6) is 0.992. The van der Waals surface area contributed by atoms with Gasteiger partial charge in [-0.05, 0) is 86.0 Å². The fourth-order valence-electron chi connectivity index (χ4n) is 5.73. The molecule has 3 aromatic carbocycles. The van der Waals surface area contributed by atoms with Gasteiger partial charge in [0.15, 0.2) is 5.78 Å². The summed E-state index contributed by atoms with van der Waals surface area (Å²) < 4.78 is 0. The second-order valence-electron chi connectivity index (χ2n) is 10.5. The maximum absolute atomic E-state index is 13.1. The SMILES string of the molecule is Cl.Cl.O=C(CCC1CCN(Cc2ccccc2)CC1)c1ccc2c(c1)CN(Cc1ccccc1)CCC2. The molecule has 0 spiro atoms. The van der Waals surface area contributed by atoms with Gasteiger partial charge in [0, 0.05) is 31.6 Å². The number of carbonyl (C=O) groups is 1. The van der Waals surface area contributed by atoms with Gasteiger partial charge in [-0.3, -0.25) is 14.6 Å². The summed E-state index contributed by atoms with van der Waals surface area (Å²) in [7, 11) is 0. The number of halogens is 2. The number of Topliss-reactive ketones (excluding diaryl/α,β-unsaturated/α-hetero) is 1. The number of aryl methyl sites for hydroxylation is 1. The number of nitrogens with zero attached hydrogens (tertiary/aromatic N) is 2. The Morgan fingerprint density at radius 2 is 1.35 bits per heavy atom. The number of ketones is 1. The first kappa shape index (κ1) is 29.4. The molecule has 0 atom stereocenters. The molecular formula is C32H40Cl2N2O. The zero-order valence-electron chi connectivity index (χ0n) is 21.7. The van der Waals surface area contributed by atoms with Gasteiger partial charge >= 0.3 is 0 Å². The van der Waals surface area contributed by atoms with E-state index < -0.39 is 0 Å². The van der Waals surface area contributed by atoms with Gasteiger partial charge in [-0.1, -0.05) is 72.8 Å². The maximum Gasteiger partial charge on any atom is 0.162 e. The zero-order valence-corrected chi connectivity index (χ0v) is 23.3. The van der Waals surface area contributed by atoms with Crippen molar-refractivity contribution in [3.8, 4) is 0 Å². The van der Waals surface area contributed by atoms with Crippen molar-refractivity contribution in [2.45, 2.75) is 58.2 Å². The van der Waals surface area contributed by atoms with Gasteiger partial charge in [0.25, 0.3) is 0 Å². The van der Waals surface area contributed by atoms with E-state index in [1.54, 1.807) is 0 Å². The van der Waals surface area contributed by atoms with Crippen molar-refractivity contribution in [3.05, 3.63) is 107 Å². The lowest BCUT2D eigenvalue weighted by Gasteiger charge is -2.32. The van der Waals surface area contributed by atoms with Gasteiger partial charge < -0.3 is 0 Å². The number of rotatable bonds is 8. The molecule has 0 radical (unpaired) electrons. The largest absolute Gasteiger partial charge is 0.299 e. The third-order valence-corrected chi connectivity index (χ3v) is 7.83. The van der Waals surface area contributed by atoms with E-state index in [1.807, 2.05) is 0 Å². The number of hydrogen-bond donors (Lipinski definition) is 0. The molecule has 0 saturated carbocycles. The van der Waals surface area contributed by atoms with Gasteiger partial charge in [-0.25, -0.2) is 0 Å². The Kier molecular flexibility index (Phi) is 11.7. The molecule has 2 heterocycles. The summed E-state index contributed by atoms with van der Waals surface area (Å²) in [5.41, 5.74) is 6.43. The zero-order chi connectivity index (χ0) is 23.9. The highest BCUT2D eigenvalue weighted by atomic mass is 35.5. The monoisotopic (exact) mass is 538 g/mol. The summed E-state index contributed by atoms with van der Waals surface area (Å²) in [4.78, 5) is 18.2. The van der Waals surface area contributed by atoms with Crippen LogP contribution in [0.5, 0.6) is 0 Å². The average molecular weight is 540 g/mol. The average Bonchev–Trinajstić information content (AvgIpc) is 3.10. The predicted molar refractivity (Wildman–Crippen MR) is 158 cm³/mol. The van der Waals surface area contributed by atoms with Gasteiger partial charge in [-0.15, -0.1) is 24.8 Å². The highest BCUT2D eigenvalue weighted by Gasteiger charge is 2.21. The van der Waals surface area contributed by atoms with Crippen molar-refractivity contribution in [2.75, 3.05) is 19.6 Å². The number of piperidine rings is 1. The summed E-state index contributed by atoms with van der Waals surface area (Å²) in [6, 6.07) is 28.0. The topological polar surface area (TPSA) is 23.6 Å². The number of benzene rings is 3. The van der Waals surface area contributed by atoms with Crippen LogP contribution in [0.4, 0.5) is 0 Å². The van der Waals surface area contributed by atoms with Crippen molar-refractivity contribution in [1.82, 2.24) is 9.80 Å². The summed E-state index contributed by atoms with van der Waals surface area (Å²) in [6.45, 7) is 6.35. The lowest BCUT2D eigenvalue weighted by atomic mass is 9.89. The Morgan fingerprint density at radius 3 is 2.00 bits per heavy atom. The van der Waals surface area contributed by atoms with E-state index >= 15 is 0 Å². The first-order valence-electron chi connectivity index (χ1n) is 13.4. The van der Waals surface area contributed by atoms with Crippen LogP contribution in [-0.2, 0) is 26.1 Å². The number of likely N-dealkylation sites (tertiary alicyclic amines) is 1. The van der Waals surface area contributed by atoms with Gasteiger partial charge in [0.05, 0.1) is 0 Å². The van der Waals surface area contributed by atoms with Crippen LogP contribution in [0.3, 0.4) is 0 Å². The minimum Gasteiger partial charge on any atom is -0.299 e. The van der Waals surface area contributed by atoms with Gasteiger partial charge in [0.1, 0.15) is 0 Å². The van der Waals surface area contributed by atoms with Crippen molar-refractivity contribution in [1.29, 1.82) is 0 Å². The van der Waals surface area contributed by atoms with Crippen LogP contribution >= 0.6 is 24.8 Å². The quantitative estimate of drug-likeness (QED) is 0.280.